The summed E-state index contributed by atoms with van der Waals surface area (Å²) in [6, 6.07) is 8.38. The van der Waals surface area contributed by atoms with Gasteiger partial charge in [0, 0.05) is 38.2 Å². The summed E-state index contributed by atoms with van der Waals surface area (Å²) < 4.78 is 0. The Morgan fingerprint density at radius 1 is 1.00 bits per heavy atom. The molecule has 0 fully saturated rings. The van der Waals surface area contributed by atoms with Crippen LogP contribution in [0.3, 0.4) is 0 Å². The van der Waals surface area contributed by atoms with Gasteiger partial charge in [-0.3, -0.25) is 9.88 Å². The summed E-state index contributed by atoms with van der Waals surface area (Å²) in [4.78, 5) is 10.8. The summed E-state index contributed by atoms with van der Waals surface area (Å²) in [6.07, 6.45) is 6.69. The fraction of sp³-hybridized carbons (Fsp3) is 0.412. The summed E-state index contributed by atoms with van der Waals surface area (Å²) in [6.45, 7) is 8.21. The molecule has 4 heteroatoms. The molecule has 0 saturated carbocycles. The van der Waals surface area contributed by atoms with E-state index in [4.69, 9.17) is 0 Å². The molecule has 0 aromatic carbocycles. The third-order valence-corrected chi connectivity index (χ3v) is 3.39. The summed E-state index contributed by atoms with van der Waals surface area (Å²) >= 11 is 0. The average molecular weight is 284 g/mol. The first kappa shape index (κ1) is 15.4. The Kier molecular flexibility index (Phi) is 6.16. The minimum Gasteiger partial charge on any atom is -0.370 e. The normalized spacial score (nSPS) is 10.8. The minimum atomic E-state index is 0.933. The zero-order chi connectivity index (χ0) is 14.9. The third-order valence-electron chi connectivity index (χ3n) is 3.39. The van der Waals surface area contributed by atoms with Gasteiger partial charge in [-0.25, -0.2) is 4.98 Å². The highest BCUT2D eigenvalue weighted by Gasteiger charge is 2.06. The van der Waals surface area contributed by atoms with Gasteiger partial charge in [-0.2, -0.15) is 0 Å². The number of pyridine rings is 2. The van der Waals surface area contributed by atoms with Gasteiger partial charge >= 0.3 is 0 Å². The van der Waals surface area contributed by atoms with Crippen molar-refractivity contribution in [3.63, 3.8) is 0 Å². The summed E-state index contributed by atoms with van der Waals surface area (Å²) in [7, 11) is 0. The number of aromatic nitrogens is 2. The van der Waals surface area contributed by atoms with Crippen LogP contribution >= 0.6 is 0 Å². The van der Waals surface area contributed by atoms with E-state index in [1.54, 1.807) is 0 Å². The minimum absolute atomic E-state index is 0.933. The van der Waals surface area contributed by atoms with Crippen LogP contribution < -0.4 is 5.32 Å². The van der Waals surface area contributed by atoms with Crippen molar-refractivity contribution in [2.75, 3.05) is 18.4 Å². The van der Waals surface area contributed by atoms with Gasteiger partial charge in [-0.05, 0) is 48.4 Å². The molecule has 1 N–H and O–H groups in total. The van der Waals surface area contributed by atoms with Crippen molar-refractivity contribution in [2.45, 2.75) is 33.4 Å². The molecule has 2 rings (SSSR count). The summed E-state index contributed by atoms with van der Waals surface area (Å²) in [5, 5.41) is 3.34. The molecule has 2 heterocycles. The van der Waals surface area contributed by atoms with E-state index in [-0.39, 0.29) is 0 Å². The molecule has 0 unspecified atom stereocenters. The lowest BCUT2D eigenvalue weighted by Crippen LogP contribution is -2.22. The highest BCUT2D eigenvalue weighted by atomic mass is 15.1. The molecule has 4 nitrogen and oxygen atoms in total. The van der Waals surface area contributed by atoms with Crippen molar-refractivity contribution in [3.05, 3.63) is 54.0 Å². The lowest BCUT2D eigenvalue weighted by molar-refractivity contribution is 0.271. The molecule has 0 saturated heterocycles. The van der Waals surface area contributed by atoms with Crippen LogP contribution in [0.2, 0.25) is 0 Å². The molecular weight excluding hydrogens is 260 g/mol. The Bertz CT molecular complexity index is 527. The van der Waals surface area contributed by atoms with Crippen LogP contribution in [0, 0.1) is 0 Å². The van der Waals surface area contributed by atoms with Crippen LogP contribution in [0.25, 0.3) is 0 Å². The Hall–Kier alpha value is -1.94. The van der Waals surface area contributed by atoms with Crippen molar-refractivity contribution < 1.29 is 0 Å². The maximum absolute atomic E-state index is 4.36. The molecule has 0 radical (unpaired) electrons. The van der Waals surface area contributed by atoms with E-state index in [9.17, 15) is 0 Å². The van der Waals surface area contributed by atoms with E-state index in [2.05, 4.69) is 58.3 Å². The fourth-order valence-corrected chi connectivity index (χ4v) is 2.21. The lowest BCUT2D eigenvalue weighted by atomic mass is 10.2. The molecule has 0 atom stereocenters. The Morgan fingerprint density at radius 2 is 1.71 bits per heavy atom. The molecule has 0 spiro atoms. The maximum Gasteiger partial charge on any atom is 0.126 e. The Labute approximate surface area is 127 Å². The van der Waals surface area contributed by atoms with Gasteiger partial charge in [0.25, 0.3) is 0 Å². The second kappa shape index (κ2) is 8.37. The molecule has 0 aliphatic heterocycles. The third kappa shape index (κ3) is 5.16. The van der Waals surface area contributed by atoms with Crippen LogP contribution in [0.5, 0.6) is 0 Å². The quantitative estimate of drug-likeness (QED) is 0.807. The van der Waals surface area contributed by atoms with Crippen LogP contribution in [-0.4, -0.2) is 28.0 Å². The molecule has 0 amide bonds. The van der Waals surface area contributed by atoms with Gasteiger partial charge < -0.3 is 5.32 Å². The van der Waals surface area contributed by atoms with Crippen molar-refractivity contribution in [1.29, 1.82) is 0 Å². The monoisotopic (exact) mass is 284 g/mol. The molecule has 112 valence electrons. The van der Waals surface area contributed by atoms with Crippen LogP contribution in [-0.2, 0) is 13.1 Å². The van der Waals surface area contributed by atoms with E-state index < -0.39 is 0 Å². The highest BCUT2D eigenvalue weighted by molar-refractivity contribution is 5.37. The molecule has 2 aromatic rings. The second-order valence-electron chi connectivity index (χ2n) is 5.13. The van der Waals surface area contributed by atoms with Gasteiger partial charge in [0.1, 0.15) is 5.82 Å². The zero-order valence-electron chi connectivity index (χ0n) is 12.9. The first-order valence-electron chi connectivity index (χ1n) is 7.62. The fourth-order valence-electron chi connectivity index (χ4n) is 2.21. The molecule has 2 aromatic heterocycles. The van der Waals surface area contributed by atoms with Gasteiger partial charge in [0.05, 0.1) is 0 Å². The van der Waals surface area contributed by atoms with E-state index in [1.807, 2.05) is 18.6 Å². The number of anilines is 1. The zero-order valence-corrected chi connectivity index (χ0v) is 12.9. The Morgan fingerprint density at radius 3 is 2.43 bits per heavy atom. The summed E-state index contributed by atoms with van der Waals surface area (Å²) in [5.41, 5.74) is 2.59. The SMILES string of the molecule is CCCNc1cc(CN(CC)Cc2ccncc2)ccn1. The Balaban J connectivity index is 1.98. The predicted octanol–water partition coefficient (Wildman–Crippen LogP) is 3.32. The largest absolute Gasteiger partial charge is 0.370 e. The van der Waals surface area contributed by atoms with Crippen molar-refractivity contribution in [2.24, 2.45) is 0 Å². The first-order valence-corrected chi connectivity index (χ1v) is 7.62. The standard InChI is InChI=1S/C17H24N4/c1-3-8-19-17-12-16(7-11-20-17)14-21(4-2)13-15-5-9-18-10-6-15/h5-7,9-12H,3-4,8,13-14H2,1-2H3,(H,19,20). The summed E-state index contributed by atoms with van der Waals surface area (Å²) in [5.74, 6) is 0.967. The van der Waals surface area contributed by atoms with E-state index in [1.165, 1.54) is 11.1 Å². The molecule has 0 bridgehead atoms. The van der Waals surface area contributed by atoms with Crippen LogP contribution in [0.15, 0.2) is 42.9 Å². The molecule has 0 aliphatic rings. The van der Waals surface area contributed by atoms with Crippen molar-refractivity contribution >= 4 is 5.82 Å². The van der Waals surface area contributed by atoms with Gasteiger partial charge in [0.15, 0.2) is 0 Å². The maximum atomic E-state index is 4.36. The van der Waals surface area contributed by atoms with E-state index in [0.29, 0.717) is 0 Å². The number of hydrogen-bond acceptors (Lipinski definition) is 4. The van der Waals surface area contributed by atoms with Crippen LogP contribution in [0.1, 0.15) is 31.4 Å². The topological polar surface area (TPSA) is 41.0 Å². The highest BCUT2D eigenvalue weighted by Crippen LogP contribution is 2.12. The van der Waals surface area contributed by atoms with E-state index in [0.717, 1.165) is 38.4 Å². The molecule has 0 aliphatic carbocycles. The van der Waals surface area contributed by atoms with E-state index >= 15 is 0 Å². The van der Waals surface area contributed by atoms with Crippen molar-refractivity contribution in [3.8, 4) is 0 Å². The number of nitrogens with zero attached hydrogens (tertiary/aromatic N) is 3. The number of nitrogens with one attached hydrogen (secondary N) is 1. The average Bonchev–Trinajstić information content (AvgIpc) is 2.53. The van der Waals surface area contributed by atoms with Gasteiger partial charge in [-0.15, -0.1) is 0 Å². The smallest absolute Gasteiger partial charge is 0.126 e. The lowest BCUT2D eigenvalue weighted by Gasteiger charge is -2.20. The first-order chi connectivity index (χ1) is 10.3. The number of hydrogen-bond donors (Lipinski definition) is 1. The number of rotatable bonds is 8. The predicted molar refractivity (Wildman–Crippen MR) is 87.0 cm³/mol. The molecular formula is C17H24N4. The van der Waals surface area contributed by atoms with Gasteiger partial charge in [-0.1, -0.05) is 13.8 Å². The van der Waals surface area contributed by atoms with Crippen molar-refractivity contribution in [1.82, 2.24) is 14.9 Å². The second-order valence-corrected chi connectivity index (χ2v) is 5.13. The van der Waals surface area contributed by atoms with Gasteiger partial charge in [0.2, 0.25) is 0 Å². The molecule has 21 heavy (non-hydrogen) atoms. The van der Waals surface area contributed by atoms with Crippen LogP contribution in [0.4, 0.5) is 5.82 Å².